The summed E-state index contributed by atoms with van der Waals surface area (Å²) < 4.78 is 5.84. The molecule has 112 valence electrons. The zero-order valence-electron chi connectivity index (χ0n) is 13.2. The molecule has 2 heteroatoms. The van der Waals surface area contributed by atoms with Crippen molar-refractivity contribution in [2.75, 3.05) is 19.8 Å². The van der Waals surface area contributed by atoms with Crippen LogP contribution in [0.25, 0.3) is 0 Å². The molecule has 2 unspecified atom stereocenters. The van der Waals surface area contributed by atoms with Crippen LogP contribution >= 0.6 is 0 Å². The Morgan fingerprint density at radius 3 is 2.58 bits per heavy atom. The van der Waals surface area contributed by atoms with Crippen molar-refractivity contribution in [2.24, 2.45) is 11.8 Å². The Bertz CT molecular complexity index is 237. The van der Waals surface area contributed by atoms with Crippen LogP contribution in [0.5, 0.6) is 0 Å². The van der Waals surface area contributed by atoms with E-state index in [0.29, 0.717) is 6.04 Å². The highest BCUT2D eigenvalue weighted by Gasteiger charge is 2.17. The molecule has 0 fully saturated rings. The van der Waals surface area contributed by atoms with Crippen molar-refractivity contribution in [3.8, 4) is 0 Å². The highest BCUT2D eigenvalue weighted by molar-refractivity contribution is 4.93. The molecule has 1 N–H and O–H groups in total. The van der Waals surface area contributed by atoms with E-state index in [4.69, 9.17) is 4.74 Å². The molecule has 0 aromatic carbocycles. The van der Waals surface area contributed by atoms with Crippen LogP contribution < -0.4 is 5.32 Å². The normalized spacial score (nSPS) is 23.2. The van der Waals surface area contributed by atoms with Crippen molar-refractivity contribution in [1.82, 2.24) is 5.32 Å². The van der Waals surface area contributed by atoms with E-state index in [9.17, 15) is 0 Å². The molecule has 1 aliphatic carbocycles. The summed E-state index contributed by atoms with van der Waals surface area (Å²) in [4.78, 5) is 0. The van der Waals surface area contributed by atoms with Crippen LogP contribution in [-0.2, 0) is 4.74 Å². The van der Waals surface area contributed by atoms with Gasteiger partial charge in [-0.2, -0.15) is 0 Å². The van der Waals surface area contributed by atoms with Gasteiger partial charge in [0.2, 0.25) is 0 Å². The molecule has 0 aromatic heterocycles. The second-order valence-electron chi connectivity index (χ2n) is 6.28. The quantitative estimate of drug-likeness (QED) is 0.474. The molecular weight excluding hydrogens is 234 g/mol. The molecule has 0 saturated heterocycles. The maximum Gasteiger partial charge on any atom is 0.0499 e. The van der Waals surface area contributed by atoms with E-state index >= 15 is 0 Å². The maximum absolute atomic E-state index is 5.84. The average molecular weight is 267 g/mol. The minimum atomic E-state index is 0.620. The van der Waals surface area contributed by atoms with E-state index in [-0.39, 0.29) is 0 Å². The number of hydrogen-bond acceptors (Lipinski definition) is 2. The monoisotopic (exact) mass is 267 g/mol. The lowest BCUT2D eigenvalue weighted by Crippen LogP contribution is -2.23. The Hall–Kier alpha value is -0.340. The third-order valence-corrected chi connectivity index (χ3v) is 4.02. The lowest BCUT2D eigenvalue weighted by atomic mass is 9.85. The Morgan fingerprint density at radius 1 is 1.11 bits per heavy atom. The van der Waals surface area contributed by atoms with E-state index in [1.165, 1.54) is 38.5 Å². The fourth-order valence-electron chi connectivity index (χ4n) is 2.55. The molecule has 0 saturated carbocycles. The Morgan fingerprint density at radius 2 is 1.84 bits per heavy atom. The summed E-state index contributed by atoms with van der Waals surface area (Å²) in [5.74, 6) is 1.55. The lowest BCUT2D eigenvalue weighted by molar-refractivity contribution is 0.0765. The molecule has 19 heavy (non-hydrogen) atoms. The largest absolute Gasteiger partial charge is 0.381 e. The van der Waals surface area contributed by atoms with Gasteiger partial charge in [0.1, 0.15) is 0 Å². The van der Waals surface area contributed by atoms with Gasteiger partial charge >= 0.3 is 0 Å². The summed E-state index contributed by atoms with van der Waals surface area (Å²) in [5, 5.41) is 3.46. The van der Waals surface area contributed by atoms with Gasteiger partial charge in [-0.3, -0.25) is 0 Å². The minimum Gasteiger partial charge on any atom is -0.381 e. The number of nitrogens with one attached hydrogen (secondary N) is 1. The Kier molecular flexibility index (Phi) is 9.19. The summed E-state index contributed by atoms with van der Waals surface area (Å²) in [7, 11) is 0. The molecule has 0 radical (unpaired) electrons. The van der Waals surface area contributed by atoms with Gasteiger partial charge in [-0.15, -0.1) is 0 Å². The van der Waals surface area contributed by atoms with Crippen molar-refractivity contribution in [1.29, 1.82) is 0 Å². The standard InChI is InChI=1S/C17H33NO/c1-15(2)18-12-8-4-5-9-13-19-14-17-11-7-6-10-16(17)3/h6-7,15-18H,4-5,8-14H2,1-3H3. The molecule has 2 atom stereocenters. The van der Waals surface area contributed by atoms with Gasteiger partial charge in [0.15, 0.2) is 0 Å². The molecule has 0 aromatic rings. The van der Waals surface area contributed by atoms with Gasteiger partial charge in [-0.25, -0.2) is 0 Å². The first kappa shape index (κ1) is 16.7. The first-order chi connectivity index (χ1) is 9.20. The first-order valence-electron chi connectivity index (χ1n) is 8.16. The summed E-state index contributed by atoms with van der Waals surface area (Å²) in [6, 6.07) is 0.620. The van der Waals surface area contributed by atoms with E-state index in [1.54, 1.807) is 0 Å². The van der Waals surface area contributed by atoms with E-state index < -0.39 is 0 Å². The first-order valence-corrected chi connectivity index (χ1v) is 8.16. The van der Waals surface area contributed by atoms with E-state index in [0.717, 1.165) is 31.6 Å². The average Bonchev–Trinajstić information content (AvgIpc) is 2.38. The van der Waals surface area contributed by atoms with Crippen LogP contribution in [0.2, 0.25) is 0 Å². The van der Waals surface area contributed by atoms with E-state index in [2.05, 4.69) is 38.2 Å². The molecule has 0 bridgehead atoms. The van der Waals surface area contributed by atoms with Crippen LogP contribution in [0.1, 0.15) is 59.3 Å². The van der Waals surface area contributed by atoms with Crippen molar-refractivity contribution in [2.45, 2.75) is 65.3 Å². The van der Waals surface area contributed by atoms with Gasteiger partial charge < -0.3 is 10.1 Å². The Labute approximate surface area is 120 Å². The topological polar surface area (TPSA) is 21.3 Å². The molecule has 0 aliphatic heterocycles. The minimum absolute atomic E-state index is 0.620. The summed E-state index contributed by atoms with van der Waals surface area (Å²) in [5.41, 5.74) is 0. The van der Waals surface area contributed by atoms with Crippen LogP contribution in [0.15, 0.2) is 12.2 Å². The summed E-state index contributed by atoms with van der Waals surface area (Å²) >= 11 is 0. The lowest BCUT2D eigenvalue weighted by Gasteiger charge is -2.24. The van der Waals surface area contributed by atoms with Gasteiger partial charge in [0.25, 0.3) is 0 Å². The Balaban J connectivity index is 1.84. The van der Waals surface area contributed by atoms with Gasteiger partial charge in [-0.05, 0) is 44.1 Å². The predicted molar refractivity (Wildman–Crippen MR) is 83.5 cm³/mol. The predicted octanol–water partition coefficient (Wildman–Crippen LogP) is 4.16. The second kappa shape index (κ2) is 10.4. The van der Waals surface area contributed by atoms with Crippen LogP contribution in [0.3, 0.4) is 0 Å². The molecule has 2 nitrogen and oxygen atoms in total. The second-order valence-corrected chi connectivity index (χ2v) is 6.28. The van der Waals surface area contributed by atoms with Crippen LogP contribution in [0, 0.1) is 11.8 Å². The highest BCUT2D eigenvalue weighted by Crippen LogP contribution is 2.25. The zero-order valence-corrected chi connectivity index (χ0v) is 13.2. The molecule has 0 heterocycles. The van der Waals surface area contributed by atoms with Crippen LogP contribution in [0.4, 0.5) is 0 Å². The number of unbranched alkanes of at least 4 members (excludes halogenated alkanes) is 3. The number of rotatable bonds is 10. The van der Waals surface area contributed by atoms with Crippen molar-refractivity contribution < 1.29 is 4.74 Å². The molecule has 1 rings (SSSR count). The number of ether oxygens (including phenoxy) is 1. The third-order valence-electron chi connectivity index (χ3n) is 4.02. The molecule has 1 aliphatic rings. The highest BCUT2D eigenvalue weighted by atomic mass is 16.5. The summed E-state index contributed by atoms with van der Waals surface area (Å²) in [6.07, 6.45) is 12.2. The van der Waals surface area contributed by atoms with Crippen molar-refractivity contribution in [3.63, 3.8) is 0 Å². The van der Waals surface area contributed by atoms with Gasteiger partial charge in [0, 0.05) is 19.3 Å². The van der Waals surface area contributed by atoms with Crippen LogP contribution in [-0.4, -0.2) is 25.8 Å². The smallest absolute Gasteiger partial charge is 0.0499 e. The fraction of sp³-hybridized carbons (Fsp3) is 0.882. The maximum atomic E-state index is 5.84. The molecular formula is C17H33NO. The third kappa shape index (κ3) is 8.43. The van der Waals surface area contributed by atoms with Crippen molar-refractivity contribution >= 4 is 0 Å². The zero-order chi connectivity index (χ0) is 13.9. The molecule has 0 spiro atoms. The van der Waals surface area contributed by atoms with Gasteiger partial charge in [-0.1, -0.05) is 45.8 Å². The van der Waals surface area contributed by atoms with Gasteiger partial charge in [0.05, 0.1) is 0 Å². The van der Waals surface area contributed by atoms with E-state index in [1.807, 2.05) is 0 Å². The SMILES string of the molecule is CC(C)NCCCCCCOCC1CC=CCC1C. The summed E-state index contributed by atoms with van der Waals surface area (Å²) in [6.45, 7) is 9.82. The number of allylic oxidation sites excluding steroid dienone is 2. The number of hydrogen-bond donors (Lipinski definition) is 1. The van der Waals surface area contributed by atoms with Crippen molar-refractivity contribution in [3.05, 3.63) is 12.2 Å². The fourth-order valence-corrected chi connectivity index (χ4v) is 2.55. The molecule has 0 amide bonds.